The molecule has 0 radical (unpaired) electrons. The molecule has 170 valence electrons. The molecule has 5 aromatic rings. The highest BCUT2D eigenvalue weighted by atomic mass is 16.3. The van der Waals surface area contributed by atoms with Crippen LogP contribution in [0.25, 0.3) is 22.9 Å². The molecule has 5 N–H and O–H groups in total. The average molecular weight is 455 g/mol. The van der Waals surface area contributed by atoms with Gasteiger partial charge in [0.2, 0.25) is 5.88 Å². The first-order chi connectivity index (χ1) is 16.6. The van der Waals surface area contributed by atoms with Crippen molar-refractivity contribution in [2.45, 2.75) is 25.4 Å². The van der Waals surface area contributed by atoms with Gasteiger partial charge in [-0.15, -0.1) is 0 Å². The molecule has 34 heavy (non-hydrogen) atoms. The zero-order valence-electron chi connectivity index (χ0n) is 18.0. The fourth-order valence-electron chi connectivity index (χ4n) is 3.83. The number of rotatable bonds is 6. The Balaban J connectivity index is 1.41. The SMILES string of the molecule is O=c1[nH]c(O)c(C=c2cnn3c(=NC4CC4)cc(NCc4ccccc4-c4cn[nH]c4)nc23)[nH]1. The van der Waals surface area contributed by atoms with Gasteiger partial charge in [0.1, 0.15) is 11.5 Å². The van der Waals surface area contributed by atoms with Gasteiger partial charge in [0, 0.05) is 29.6 Å². The molecule has 0 unspecified atom stereocenters. The maximum Gasteiger partial charge on any atom is 0.326 e. The second kappa shape index (κ2) is 8.03. The number of fused-ring (bicyclic) bond motifs is 1. The van der Waals surface area contributed by atoms with Gasteiger partial charge in [-0.3, -0.25) is 15.1 Å². The lowest BCUT2D eigenvalue weighted by atomic mass is 10.0. The normalized spacial score (nSPS) is 14.8. The summed E-state index contributed by atoms with van der Waals surface area (Å²) in [6.45, 7) is 0.548. The minimum absolute atomic E-state index is 0.239. The fraction of sp³-hybridized carbons (Fsp3) is 0.174. The molecule has 1 saturated carbocycles. The van der Waals surface area contributed by atoms with E-state index in [-0.39, 0.29) is 11.6 Å². The van der Waals surface area contributed by atoms with E-state index in [9.17, 15) is 9.90 Å². The van der Waals surface area contributed by atoms with Crippen molar-refractivity contribution in [1.82, 2.24) is 34.8 Å². The number of anilines is 1. The third-order valence-corrected chi connectivity index (χ3v) is 5.66. The maximum absolute atomic E-state index is 11.5. The number of aromatic amines is 3. The molecule has 0 aliphatic heterocycles. The van der Waals surface area contributed by atoms with Crippen molar-refractivity contribution in [1.29, 1.82) is 0 Å². The minimum atomic E-state index is -0.490. The van der Waals surface area contributed by atoms with Gasteiger partial charge in [-0.25, -0.2) is 9.78 Å². The molecule has 1 aliphatic rings. The van der Waals surface area contributed by atoms with Crippen LogP contribution in [0.2, 0.25) is 0 Å². The Morgan fingerprint density at radius 1 is 1.24 bits per heavy atom. The van der Waals surface area contributed by atoms with E-state index in [2.05, 4.69) is 42.7 Å². The summed E-state index contributed by atoms with van der Waals surface area (Å²) in [7, 11) is 0. The Morgan fingerprint density at radius 2 is 2.12 bits per heavy atom. The van der Waals surface area contributed by atoms with E-state index in [1.54, 1.807) is 23.0 Å². The van der Waals surface area contributed by atoms with Crippen molar-refractivity contribution in [3.63, 3.8) is 0 Å². The molecule has 4 heterocycles. The Labute approximate surface area is 191 Å². The Hall–Kier alpha value is -4.67. The molecule has 0 saturated heterocycles. The van der Waals surface area contributed by atoms with Crippen LogP contribution in [0.3, 0.4) is 0 Å². The summed E-state index contributed by atoms with van der Waals surface area (Å²) < 4.78 is 1.68. The van der Waals surface area contributed by atoms with Gasteiger partial charge in [-0.2, -0.15) is 14.7 Å². The van der Waals surface area contributed by atoms with Crippen molar-refractivity contribution < 1.29 is 5.11 Å². The molecule has 0 atom stereocenters. The summed E-state index contributed by atoms with van der Waals surface area (Å²) in [4.78, 5) is 25.9. The molecule has 4 aromatic heterocycles. The highest BCUT2D eigenvalue weighted by Gasteiger charge is 2.20. The predicted molar refractivity (Wildman–Crippen MR) is 125 cm³/mol. The number of aromatic hydroxyl groups is 1. The van der Waals surface area contributed by atoms with Crippen molar-refractivity contribution in [3.05, 3.63) is 81.4 Å². The van der Waals surface area contributed by atoms with E-state index < -0.39 is 5.69 Å². The summed E-state index contributed by atoms with van der Waals surface area (Å²) in [6, 6.07) is 10.3. The lowest BCUT2D eigenvalue weighted by Crippen LogP contribution is -2.20. The summed E-state index contributed by atoms with van der Waals surface area (Å²) in [5.41, 5.74) is 4.22. The smallest absolute Gasteiger partial charge is 0.326 e. The van der Waals surface area contributed by atoms with Crippen LogP contribution in [0.15, 0.2) is 58.7 Å². The fourth-order valence-corrected chi connectivity index (χ4v) is 3.83. The second-order valence-electron chi connectivity index (χ2n) is 8.18. The molecule has 11 heteroatoms. The van der Waals surface area contributed by atoms with Gasteiger partial charge in [0.25, 0.3) is 0 Å². The molecule has 11 nitrogen and oxygen atoms in total. The Bertz CT molecular complexity index is 1660. The third kappa shape index (κ3) is 3.83. The number of hydrogen-bond acceptors (Lipinski definition) is 7. The number of imidazole rings is 1. The van der Waals surface area contributed by atoms with Gasteiger partial charge in [0.15, 0.2) is 11.1 Å². The van der Waals surface area contributed by atoms with E-state index in [0.29, 0.717) is 34.8 Å². The molecular formula is C23H21N9O2. The maximum atomic E-state index is 11.5. The van der Waals surface area contributed by atoms with Crippen LogP contribution >= 0.6 is 0 Å². The average Bonchev–Trinajstić information content (AvgIpc) is 3.20. The Kier molecular flexibility index (Phi) is 4.72. The van der Waals surface area contributed by atoms with Crippen LogP contribution in [0, 0.1) is 0 Å². The van der Waals surface area contributed by atoms with Crippen molar-refractivity contribution >= 4 is 17.5 Å². The zero-order chi connectivity index (χ0) is 23.1. The Morgan fingerprint density at radius 3 is 2.88 bits per heavy atom. The highest BCUT2D eigenvalue weighted by molar-refractivity contribution is 5.66. The van der Waals surface area contributed by atoms with E-state index in [4.69, 9.17) is 9.98 Å². The first-order valence-electron chi connectivity index (χ1n) is 10.9. The topological polar surface area (TPSA) is 152 Å². The van der Waals surface area contributed by atoms with Gasteiger partial charge in [-0.05, 0) is 30.0 Å². The standard InChI is InChI=1S/C23H21N9O2/c33-22-18(29-23(34)31-22)7-14-12-27-32-20(28-16-5-6-16)8-19(30-21(14)32)24-9-13-3-1-2-4-17(13)15-10-25-26-11-15/h1-4,7-8,10-12,16,24,33H,5-6,9H2,(H,25,26)(H2,29,31,34). The number of aromatic nitrogens is 7. The molecule has 1 aromatic carbocycles. The summed E-state index contributed by atoms with van der Waals surface area (Å²) >= 11 is 0. The van der Waals surface area contributed by atoms with Crippen LogP contribution in [0.1, 0.15) is 24.1 Å². The molecule has 0 spiro atoms. The lowest BCUT2D eigenvalue weighted by Gasteiger charge is -2.10. The van der Waals surface area contributed by atoms with Crippen molar-refractivity contribution in [3.8, 4) is 17.0 Å². The molecule has 6 rings (SSSR count). The van der Waals surface area contributed by atoms with Gasteiger partial charge in [-0.1, -0.05) is 24.3 Å². The first-order valence-corrected chi connectivity index (χ1v) is 10.9. The summed E-state index contributed by atoms with van der Waals surface area (Å²) in [5, 5.41) is 25.4. The van der Waals surface area contributed by atoms with Crippen LogP contribution in [-0.2, 0) is 6.54 Å². The lowest BCUT2D eigenvalue weighted by molar-refractivity contribution is 0.454. The number of benzene rings is 1. The van der Waals surface area contributed by atoms with Gasteiger partial charge < -0.3 is 15.4 Å². The minimum Gasteiger partial charge on any atom is -0.493 e. The quantitative estimate of drug-likeness (QED) is 0.258. The largest absolute Gasteiger partial charge is 0.493 e. The van der Waals surface area contributed by atoms with Crippen LogP contribution < -0.4 is 21.7 Å². The second-order valence-corrected chi connectivity index (χ2v) is 8.18. The van der Waals surface area contributed by atoms with Crippen LogP contribution in [0.4, 0.5) is 5.82 Å². The van der Waals surface area contributed by atoms with Gasteiger partial charge >= 0.3 is 5.69 Å². The number of nitrogens with one attached hydrogen (secondary N) is 4. The van der Waals surface area contributed by atoms with Crippen molar-refractivity contribution in [2.24, 2.45) is 4.99 Å². The molecule has 0 amide bonds. The first kappa shape index (κ1) is 20.0. The predicted octanol–water partition coefficient (Wildman–Crippen LogP) is 1.06. The van der Waals surface area contributed by atoms with E-state index >= 15 is 0 Å². The summed E-state index contributed by atoms with van der Waals surface area (Å²) in [5.74, 6) is 0.410. The number of nitrogens with zero attached hydrogens (tertiary/aromatic N) is 5. The van der Waals surface area contributed by atoms with Gasteiger partial charge in [0.05, 0.1) is 18.4 Å². The molecule has 1 aliphatic carbocycles. The van der Waals surface area contributed by atoms with Crippen LogP contribution in [-0.4, -0.2) is 45.9 Å². The number of hydrogen-bond donors (Lipinski definition) is 5. The zero-order valence-corrected chi connectivity index (χ0v) is 18.0. The molecule has 0 bridgehead atoms. The molecule has 1 fully saturated rings. The number of H-pyrrole nitrogens is 3. The van der Waals surface area contributed by atoms with E-state index in [1.807, 2.05) is 24.4 Å². The molecular weight excluding hydrogens is 434 g/mol. The van der Waals surface area contributed by atoms with Crippen LogP contribution in [0.5, 0.6) is 5.88 Å². The monoisotopic (exact) mass is 455 g/mol. The highest BCUT2D eigenvalue weighted by Crippen LogP contribution is 2.24. The third-order valence-electron chi connectivity index (χ3n) is 5.66. The van der Waals surface area contributed by atoms with E-state index in [0.717, 1.165) is 29.5 Å². The summed E-state index contributed by atoms with van der Waals surface area (Å²) in [6.07, 6.45) is 9.04. The van der Waals surface area contributed by atoms with Crippen molar-refractivity contribution in [2.75, 3.05) is 5.32 Å². The van der Waals surface area contributed by atoms with E-state index in [1.165, 1.54) is 0 Å².